The van der Waals surface area contributed by atoms with Crippen LogP contribution in [0.3, 0.4) is 0 Å². The van der Waals surface area contributed by atoms with Crippen molar-refractivity contribution in [2.75, 3.05) is 13.1 Å². The predicted octanol–water partition coefficient (Wildman–Crippen LogP) is 3.16. The molecule has 0 radical (unpaired) electrons. The molecule has 1 heterocycles. The summed E-state index contributed by atoms with van der Waals surface area (Å²) in [7, 11) is -3.56. The summed E-state index contributed by atoms with van der Waals surface area (Å²) in [5, 5.41) is 0.576. The summed E-state index contributed by atoms with van der Waals surface area (Å²) in [5.41, 5.74) is 5.79. The van der Waals surface area contributed by atoms with Gasteiger partial charge in [-0.3, -0.25) is 0 Å². The first-order chi connectivity index (χ1) is 9.14. The number of benzene rings is 1. The van der Waals surface area contributed by atoms with Gasteiger partial charge in [0.05, 0.1) is 14.9 Å². The summed E-state index contributed by atoms with van der Waals surface area (Å²) in [5.74, 6) is 0. The van der Waals surface area contributed by atoms with Gasteiger partial charge >= 0.3 is 0 Å². The van der Waals surface area contributed by atoms with Crippen LogP contribution in [0.1, 0.15) is 20.3 Å². The van der Waals surface area contributed by atoms with Crippen molar-refractivity contribution in [2.24, 2.45) is 11.1 Å². The summed E-state index contributed by atoms with van der Waals surface area (Å²) in [6.45, 7) is 4.78. The number of hydrogen-bond donors (Lipinski definition) is 1. The molecular formula is C13H19Cl3N2O2S. The van der Waals surface area contributed by atoms with E-state index in [9.17, 15) is 8.42 Å². The average molecular weight is 374 g/mol. The van der Waals surface area contributed by atoms with Gasteiger partial charge in [-0.25, -0.2) is 8.42 Å². The van der Waals surface area contributed by atoms with Crippen molar-refractivity contribution in [1.82, 2.24) is 4.31 Å². The number of piperidine rings is 1. The third-order valence-corrected chi connectivity index (χ3v) is 6.39. The zero-order valence-electron chi connectivity index (χ0n) is 11.8. The van der Waals surface area contributed by atoms with Crippen LogP contribution in [-0.4, -0.2) is 31.9 Å². The Hall–Kier alpha value is -0.0400. The lowest BCUT2D eigenvalue weighted by Gasteiger charge is -2.41. The van der Waals surface area contributed by atoms with E-state index in [2.05, 4.69) is 0 Å². The molecule has 0 aliphatic carbocycles. The molecule has 21 heavy (non-hydrogen) atoms. The van der Waals surface area contributed by atoms with Gasteiger partial charge in [-0.05, 0) is 30.0 Å². The monoisotopic (exact) mass is 372 g/mol. The van der Waals surface area contributed by atoms with Crippen molar-refractivity contribution in [3.63, 3.8) is 0 Å². The summed E-state index contributed by atoms with van der Waals surface area (Å²) in [4.78, 5) is 0.165. The van der Waals surface area contributed by atoms with E-state index in [1.165, 1.54) is 22.5 Å². The Bertz CT molecular complexity index is 620. The highest BCUT2D eigenvalue weighted by atomic mass is 35.5. The average Bonchev–Trinajstić information content (AvgIpc) is 2.35. The van der Waals surface area contributed by atoms with Crippen molar-refractivity contribution >= 4 is 45.6 Å². The number of nitrogens with zero attached hydrogens (tertiary/aromatic N) is 1. The standard InChI is InChI=1S/C13H18Cl2N2O2S.ClH/c1-13(2)8-17(6-5-12(13)16)20(18,19)9-3-4-10(14)11(15)7-9;/h3-4,7,12H,5-6,8,16H2,1-2H3;1H. The number of rotatable bonds is 2. The second kappa shape index (κ2) is 6.60. The van der Waals surface area contributed by atoms with E-state index >= 15 is 0 Å². The van der Waals surface area contributed by atoms with Gasteiger partial charge in [0.1, 0.15) is 0 Å². The third kappa shape index (κ3) is 3.84. The zero-order chi connectivity index (χ0) is 15.1. The van der Waals surface area contributed by atoms with Gasteiger partial charge in [-0.1, -0.05) is 37.0 Å². The molecule has 1 aromatic carbocycles. The lowest BCUT2D eigenvalue weighted by Crippen LogP contribution is -2.53. The van der Waals surface area contributed by atoms with Crippen LogP contribution in [-0.2, 0) is 10.0 Å². The van der Waals surface area contributed by atoms with E-state index < -0.39 is 10.0 Å². The van der Waals surface area contributed by atoms with Crippen LogP contribution in [0.15, 0.2) is 23.1 Å². The lowest BCUT2D eigenvalue weighted by atomic mass is 9.81. The van der Waals surface area contributed by atoms with Crippen molar-refractivity contribution in [3.05, 3.63) is 28.2 Å². The highest BCUT2D eigenvalue weighted by molar-refractivity contribution is 7.89. The summed E-state index contributed by atoms with van der Waals surface area (Å²) in [6, 6.07) is 4.37. The first-order valence-corrected chi connectivity index (χ1v) is 8.55. The number of halogens is 3. The Labute approximate surface area is 142 Å². The lowest BCUT2D eigenvalue weighted by molar-refractivity contribution is 0.155. The van der Waals surface area contributed by atoms with E-state index in [0.717, 1.165) is 0 Å². The van der Waals surface area contributed by atoms with E-state index in [-0.39, 0.29) is 33.8 Å². The Morgan fingerprint density at radius 2 is 1.90 bits per heavy atom. The fourth-order valence-electron chi connectivity index (χ4n) is 2.32. The van der Waals surface area contributed by atoms with Crippen LogP contribution < -0.4 is 5.73 Å². The zero-order valence-corrected chi connectivity index (χ0v) is 15.0. The number of sulfonamides is 1. The fourth-order valence-corrected chi connectivity index (χ4v) is 4.33. The first kappa shape index (κ1) is 19.0. The van der Waals surface area contributed by atoms with Gasteiger partial charge in [0.25, 0.3) is 0 Å². The minimum Gasteiger partial charge on any atom is -0.327 e. The minimum atomic E-state index is -3.56. The van der Waals surface area contributed by atoms with Crippen molar-refractivity contribution in [3.8, 4) is 0 Å². The predicted molar refractivity (Wildman–Crippen MR) is 88.8 cm³/mol. The molecule has 0 saturated carbocycles. The topological polar surface area (TPSA) is 63.4 Å². The highest BCUT2D eigenvalue weighted by Gasteiger charge is 2.38. The molecule has 120 valence electrons. The summed E-state index contributed by atoms with van der Waals surface area (Å²) in [6.07, 6.45) is 0.646. The molecule has 1 saturated heterocycles. The van der Waals surface area contributed by atoms with Gasteiger partial charge in [0.2, 0.25) is 10.0 Å². The Balaban J connectivity index is 0.00000220. The summed E-state index contributed by atoms with van der Waals surface area (Å²) < 4.78 is 26.7. The SMILES string of the molecule is CC1(C)CN(S(=O)(=O)c2ccc(Cl)c(Cl)c2)CCC1N.Cl. The van der Waals surface area contributed by atoms with Crippen molar-refractivity contribution in [1.29, 1.82) is 0 Å². The molecule has 0 aromatic heterocycles. The smallest absolute Gasteiger partial charge is 0.243 e. The molecule has 1 unspecified atom stereocenters. The Morgan fingerprint density at radius 3 is 2.43 bits per heavy atom. The van der Waals surface area contributed by atoms with Crippen LogP contribution in [0.25, 0.3) is 0 Å². The second-order valence-electron chi connectivity index (χ2n) is 5.80. The molecule has 1 aliphatic heterocycles. The maximum absolute atomic E-state index is 12.6. The summed E-state index contributed by atoms with van der Waals surface area (Å²) >= 11 is 11.7. The van der Waals surface area contributed by atoms with E-state index in [1.807, 2.05) is 13.8 Å². The minimum absolute atomic E-state index is 0. The molecule has 0 bridgehead atoms. The van der Waals surface area contributed by atoms with Crippen LogP contribution in [0.4, 0.5) is 0 Å². The second-order valence-corrected chi connectivity index (χ2v) is 8.55. The fraction of sp³-hybridized carbons (Fsp3) is 0.538. The molecule has 1 aliphatic rings. The third-order valence-electron chi connectivity index (χ3n) is 3.81. The maximum atomic E-state index is 12.6. The van der Waals surface area contributed by atoms with E-state index in [0.29, 0.717) is 24.5 Å². The van der Waals surface area contributed by atoms with Crippen molar-refractivity contribution in [2.45, 2.75) is 31.2 Å². The molecule has 1 fully saturated rings. The van der Waals surface area contributed by atoms with Gasteiger partial charge < -0.3 is 5.73 Å². The molecular weight excluding hydrogens is 355 g/mol. The van der Waals surface area contributed by atoms with Gasteiger partial charge in [-0.2, -0.15) is 4.31 Å². The molecule has 1 aromatic rings. The molecule has 8 heteroatoms. The van der Waals surface area contributed by atoms with Crippen molar-refractivity contribution < 1.29 is 8.42 Å². The molecule has 2 rings (SSSR count). The first-order valence-electron chi connectivity index (χ1n) is 6.35. The van der Waals surface area contributed by atoms with Crippen LogP contribution in [0, 0.1) is 5.41 Å². The molecule has 2 N–H and O–H groups in total. The normalized spacial score (nSPS) is 22.6. The van der Waals surface area contributed by atoms with Crippen LogP contribution in [0.2, 0.25) is 10.0 Å². The maximum Gasteiger partial charge on any atom is 0.243 e. The largest absolute Gasteiger partial charge is 0.327 e. The van der Waals surface area contributed by atoms with Gasteiger partial charge in [-0.15, -0.1) is 12.4 Å². The van der Waals surface area contributed by atoms with E-state index in [1.54, 1.807) is 0 Å². The number of nitrogens with two attached hydrogens (primary N) is 1. The molecule has 4 nitrogen and oxygen atoms in total. The van der Waals surface area contributed by atoms with Crippen LogP contribution in [0.5, 0.6) is 0 Å². The van der Waals surface area contributed by atoms with E-state index in [4.69, 9.17) is 28.9 Å². The van der Waals surface area contributed by atoms with Gasteiger partial charge in [0, 0.05) is 19.1 Å². The molecule has 0 amide bonds. The quantitative estimate of drug-likeness (QED) is 0.866. The molecule has 0 spiro atoms. The Kier molecular flexibility index (Phi) is 5.98. The highest BCUT2D eigenvalue weighted by Crippen LogP contribution is 2.32. The Morgan fingerprint density at radius 1 is 1.29 bits per heavy atom. The van der Waals surface area contributed by atoms with Crippen LogP contribution >= 0.6 is 35.6 Å². The number of hydrogen-bond acceptors (Lipinski definition) is 3. The molecule has 1 atom stereocenters. The van der Waals surface area contributed by atoms with Gasteiger partial charge in [0.15, 0.2) is 0 Å².